The molecule has 1 aliphatic heterocycles. The molecule has 0 bridgehead atoms. The third-order valence-electron chi connectivity index (χ3n) is 3.20. The number of carbonyl (C=O) groups excluding carboxylic acids is 2. The number of allylic oxidation sites excluding steroid dienone is 1. The standard InChI is InChI=1S/C16H13ClFNO3/c1-4-5-22-14-8-13(12(18)7-11(14)17)19-15(20)6-10(9(2)3)16(19)21/h1,7-8H,5-6H2,2-3H3. The van der Waals surface area contributed by atoms with E-state index in [-0.39, 0.29) is 29.5 Å². The van der Waals surface area contributed by atoms with Crippen LogP contribution in [0.1, 0.15) is 20.3 Å². The van der Waals surface area contributed by atoms with Gasteiger partial charge in [-0.05, 0) is 19.9 Å². The van der Waals surface area contributed by atoms with Crippen LogP contribution in [0.2, 0.25) is 5.02 Å². The van der Waals surface area contributed by atoms with E-state index in [2.05, 4.69) is 5.92 Å². The largest absolute Gasteiger partial charge is 0.479 e. The number of amides is 2. The minimum absolute atomic E-state index is 0.0121. The highest BCUT2D eigenvalue weighted by molar-refractivity contribution is 6.32. The maximum Gasteiger partial charge on any atom is 0.261 e. The van der Waals surface area contributed by atoms with Gasteiger partial charge in [-0.3, -0.25) is 9.59 Å². The number of rotatable bonds is 3. The summed E-state index contributed by atoms with van der Waals surface area (Å²) in [6.07, 6.45) is 5.04. The van der Waals surface area contributed by atoms with Crippen molar-refractivity contribution in [2.75, 3.05) is 11.5 Å². The molecule has 2 amide bonds. The van der Waals surface area contributed by atoms with Gasteiger partial charge in [0, 0.05) is 11.6 Å². The summed E-state index contributed by atoms with van der Waals surface area (Å²) in [5, 5.41) is 0.0121. The van der Waals surface area contributed by atoms with Crippen LogP contribution in [0.4, 0.5) is 10.1 Å². The Bertz CT molecular complexity index is 730. The molecule has 1 heterocycles. The van der Waals surface area contributed by atoms with Gasteiger partial charge in [-0.1, -0.05) is 23.1 Å². The predicted octanol–water partition coefficient (Wildman–Crippen LogP) is 3.09. The molecule has 6 heteroatoms. The number of hydrogen-bond acceptors (Lipinski definition) is 3. The Hall–Kier alpha value is -2.32. The second kappa shape index (κ2) is 6.20. The van der Waals surface area contributed by atoms with Gasteiger partial charge in [-0.2, -0.15) is 0 Å². The maximum atomic E-state index is 14.1. The van der Waals surface area contributed by atoms with Gasteiger partial charge in [0.15, 0.2) is 0 Å². The summed E-state index contributed by atoms with van der Waals surface area (Å²) >= 11 is 5.86. The number of nitrogens with zero attached hydrogens (tertiary/aromatic N) is 1. The van der Waals surface area contributed by atoms with Crippen LogP contribution in [-0.4, -0.2) is 18.4 Å². The van der Waals surface area contributed by atoms with E-state index in [1.54, 1.807) is 13.8 Å². The van der Waals surface area contributed by atoms with E-state index < -0.39 is 17.6 Å². The Morgan fingerprint density at radius 3 is 2.68 bits per heavy atom. The number of imide groups is 1. The van der Waals surface area contributed by atoms with Crippen LogP contribution in [-0.2, 0) is 9.59 Å². The predicted molar refractivity (Wildman–Crippen MR) is 81.2 cm³/mol. The molecule has 114 valence electrons. The summed E-state index contributed by atoms with van der Waals surface area (Å²) in [5.74, 6) is 0.559. The molecule has 0 atom stereocenters. The highest BCUT2D eigenvalue weighted by Gasteiger charge is 2.37. The molecule has 0 radical (unpaired) electrons. The Kier molecular flexibility index (Phi) is 4.53. The van der Waals surface area contributed by atoms with E-state index in [0.29, 0.717) is 5.57 Å². The SMILES string of the molecule is C#CCOc1cc(N2C(=O)CC(=C(C)C)C2=O)c(F)cc1Cl. The average Bonchev–Trinajstić information content (AvgIpc) is 2.74. The molecule has 1 aliphatic rings. The van der Waals surface area contributed by atoms with Gasteiger partial charge in [0.1, 0.15) is 18.2 Å². The van der Waals surface area contributed by atoms with Crippen LogP contribution in [0.3, 0.4) is 0 Å². The number of hydrogen-bond donors (Lipinski definition) is 0. The second-order valence-electron chi connectivity index (χ2n) is 4.92. The van der Waals surface area contributed by atoms with E-state index in [1.165, 1.54) is 6.07 Å². The first-order valence-corrected chi connectivity index (χ1v) is 6.83. The molecule has 0 unspecified atom stereocenters. The van der Waals surface area contributed by atoms with Gasteiger partial charge >= 0.3 is 0 Å². The lowest BCUT2D eigenvalue weighted by atomic mass is 10.1. The quantitative estimate of drug-likeness (QED) is 0.488. The van der Waals surface area contributed by atoms with Gasteiger partial charge in [0.05, 0.1) is 17.1 Å². The number of benzene rings is 1. The molecule has 0 aromatic heterocycles. The number of halogens is 2. The number of terminal acetylenes is 1. The summed E-state index contributed by atoms with van der Waals surface area (Å²) in [4.78, 5) is 25.2. The van der Waals surface area contributed by atoms with Gasteiger partial charge in [0.25, 0.3) is 5.91 Å². The molecule has 0 aliphatic carbocycles. The minimum atomic E-state index is -0.783. The fourth-order valence-corrected chi connectivity index (χ4v) is 2.31. The fraction of sp³-hybridized carbons (Fsp3) is 0.250. The molecule has 1 aromatic carbocycles. The second-order valence-corrected chi connectivity index (χ2v) is 5.32. The topological polar surface area (TPSA) is 46.6 Å². The van der Waals surface area contributed by atoms with Gasteiger partial charge in [-0.25, -0.2) is 9.29 Å². The van der Waals surface area contributed by atoms with Crippen LogP contribution in [0.15, 0.2) is 23.3 Å². The Balaban J connectivity index is 2.49. The summed E-state index contributed by atoms with van der Waals surface area (Å²) in [6, 6.07) is 2.20. The summed E-state index contributed by atoms with van der Waals surface area (Å²) < 4.78 is 19.3. The molecule has 2 rings (SSSR count). The number of anilines is 1. The summed E-state index contributed by atoms with van der Waals surface area (Å²) in [6.45, 7) is 3.39. The first-order valence-electron chi connectivity index (χ1n) is 6.45. The zero-order valence-electron chi connectivity index (χ0n) is 12.1. The highest BCUT2D eigenvalue weighted by atomic mass is 35.5. The number of ether oxygens (including phenoxy) is 1. The third kappa shape index (κ3) is 2.83. The van der Waals surface area contributed by atoms with E-state index >= 15 is 0 Å². The molecule has 0 saturated carbocycles. The van der Waals surface area contributed by atoms with Crippen molar-refractivity contribution in [1.29, 1.82) is 0 Å². The van der Waals surface area contributed by atoms with Crippen molar-refractivity contribution in [3.8, 4) is 18.1 Å². The zero-order chi connectivity index (χ0) is 16.4. The highest BCUT2D eigenvalue weighted by Crippen LogP contribution is 2.36. The maximum absolute atomic E-state index is 14.1. The smallest absolute Gasteiger partial charge is 0.261 e. The average molecular weight is 322 g/mol. The van der Waals surface area contributed by atoms with Crippen molar-refractivity contribution < 1.29 is 18.7 Å². The molecule has 22 heavy (non-hydrogen) atoms. The van der Waals surface area contributed by atoms with E-state index in [9.17, 15) is 14.0 Å². The van der Waals surface area contributed by atoms with Crippen LogP contribution in [0, 0.1) is 18.2 Å². The normalized spacial score (nSPS) is 14.3. The fourth-order valence-electron chi connectivity index (χ4n) is 2.11. The first kappa shape index (κ1) is 16.1. The van der Waals surface area contributed by atoms with Crippen LogP contribution in [0.5, 0.6) is 5.75 Å². The molecule has 1 aromatic rings. The zero-order valence-corrected chi connectivity index (χ0v) is 12.8. The van der Waals surface area contributed by atoms with E-state index in [4.69, 9.17) is 22.8 Å². The van der Waals surface area contributed by atoms with Crippen LogP contribution < -0.4 is 9.64 Å². The number of carbonyl (C=O) groups is 2. The van der Waals surface area contributed by atoms with E-state index in [0.717, 1.165) is 16.5 Å². The van der Waals surface area contributed by atoms with E-state index in [1.807, 2.05) is 0 Å². The van der Waals surface area contributed by atoms with Crippen molar-refractivity contribution in [3.05, 3.63) is 34.1 Å². The van der Waals surface area contributed by atoms with Crippen molar-refractivity contribution >= 4 is 29.1 Å². The minimum Gasteiger partial charge on any atom is -0.479 e. The molecular formula is C16H13ClFNO3. The Morgan fingerprint density at radius 2 is 2.14 bits per heavy atom. The lowest BCUT2D eigenvalue weighted by Crippen LogP contribution is -2.30. The lowest BCUT2D eigenvalue weighted by Gasteiger charge is -2.16. The first-order chi connectivity index (χ1) is 10.4. The molecular weight excluding hydrogens is 309 g/mol. The summed E-state index contributed by atoms with van der Waals surface area (Å²) in [5.41, 5.74) is 0.896. The Labute approximate surface area is 132 Å². The van der Waals surface area contributed by atoms with Crippen molar-refractivity contribution in [2.45, 2.75) is 20.3 Å². The van der Waals surface area contributed by atoms with Crippen LogP contribution in [0.25, 0.3) is 0 Å². The lowest BCUT2D eigenvalue weighted by molar-refractivity contribution is -0.120. The molecule has 1 saturated heterocycles. The van der Waals surface area contributed by atoms with Crippen molar-refractivity contribution in [2.24, 2.45) is 0 Å². The Morgan fingerprint density at radius 1 is 1.45 bits per heavy atom. The molecule has 4 nitrogen and oxygen atoms in total. The monoisotopic (exact) mass is 321 g/mol. The molecule has 0 spiro atoms. The van der Waals surface area contributed by atoms with Gasteiger partial charge in [-0.15, -0.1) is 6.42 Å². The van der Waals surface area contributed by atoms with Gasteiger partial charge in [0.2, 0.25) is 5.91 Å². The van der Waals surface area contributed by atoms with Crippen molar-refractivity contribution in [3.63, 3.8) is 0 Å². The van der Waals surface area contributed by atoms with Crippen molar-refractivity contribution in [1.82, 2.24) is 0 Å². The third-order valence-corrected chi connectivity index (χ3v) is 3.49. The summed E-state index contributed by atoms with van der Waals surface area (Å²) in [7, 11) is 0. The molecule has 1 fully saturated rings. The van der Waals surface area contributed by atoms with Gasteiger partial charge < -0.3 is 4.74 Å². The molecule has 0 N–H and O–H groups in total. The van der Waals surface area contributed by atoms with Crippen LogP contribution >= 0.6 is 11.6 Å².